The molecule has 0 bridgehead atoms. The lowest BCUT2D eigenvalue weighted by Gasteiger charge is -2.24. The number of hydrogen-bond donors (Lipinski definition) is 2. The van der Waals surface area contributed by atoms with Crippen molar-refractivity contribution in [3.05, 3.63) is 0 Å². The van der Waals surface area contributed by atoms with Crippen LogP contribution in [0, 0.1) is 0 Å². The van der Waals surface area contributed by atoms with E-state index >= 15 is 0 Å². The zero-order chi connectivity index (χ0) is 10.8. The van der Waals surface area contributed by atoms with Gasteiger partial charge >= 0.3 is 6.09 Å². The molecule has 1 aliphatic rings. The fourth-order valence-electron chi connectivity index (χ4n) is 1.39. The lowest BCUT2D eigenvalue weighted by Crippen LogP contribution is -2.40. The fraction of sp³-hybridized carbons (Fsp3) is 0.889. The van der Waals surface area contributed by atoms with E-state index in [0.717, 1.165) is 6.42 Å². The van der Waals surface area contributed by atoms with Crippen LogP contribution in [0.2, 0.25) is 0 Å². The number of carbonyl (C=O) groups is 1. The van der Waals surface area contributed by atoms with Crippen LogP contribution < -0.4 is 11.3 Å². The maximum absolute atomic E-state index is 11.6. The van der Waals surface area contributed by atoms with Gasteiger partial charge in [0.1, 0.15) is 5.60 Å². The van der Waals surface area contributed by atoms with Crippen molar-refractivity contribution in [1.82, 2.24) is 10.3 Å². The third-order valence-electron chi connectivity index (χ3n) is 2.08. The van der Waals surface area contributed by atoms with Crippen LogP contribution in [0.5, 0.6) is 0 Å². The van der Waals surface area contributed by atoms with Gasteiger partial charge in [0.25, 0.3) is 0 Å². The van der Waals surface area contributed by atoms with Crippen LogP contribution in [0.3, 0.4) is 0 Å². The highest BCUT2D eigenvalue weighted by atomic mass is 16.6. The molecule has 1 atom stereocenters. The number of hydrogen-bond acceptors (Lipinski definition) is 4. The van der Waals surface area contributed by atoms with Crippen LogP contribution in [0.15, 0.2) is 0 Å². The van der Waals surface area contributed by atoms with Gasteiger partial charge in [0.2, 0.25) is 0 Å². The summed E-state index contributed by atoms with van der Waals surface area (Å²) in [4.78, 5) is 13.2. The van der Waals surface area contributed by atoms with E-state index in [2.05, 4.69) is 5.43 Å². The molecule has 1 heterocycles. The van der Waals surface area contributed by atoms with Crippen molar-refractivity contribution in [2.45, 2.75) is 38.8 Å². The average Bonchev–Trinajstić information content (AvgIpc) is 2.48. The number of carbonyl (C=O) groups excluding carboxylic acids is 1. The Morgan fingerprint density at radius 2 is 2.21 bits per heavy atom. The summed E-state index contributed by atoms with van der Waals surface area (Å²) in [6.45, 7) is 6.92. The summed E-state index contributed by atoms with van der Waals surface area (Å²) >= 11 is 0. The van der Waals surface area contributed by atoms with Crippen LogP contribution in [-0.4, -0.2) is 35.7 Å². The first-order valence-corrected chi connectivity index (χ1v) is 4.86. The summed E-state index contributed by atoms with van der Waals surface area (Å²) in [5, 5.41) is 0. The SMILES string of the molecule is CC(C)(C)OC(=O)N1CC[C@H](NN)C1. The molecule has 1 rings (SSSR count). The molecule has 82 valence electrons. The topological polar surface area (TPSA) is 67.6 Å². The number of nitrogens with one attached hydrogen (secondary N) is 1. The minimum atomic E-state index is -0.425. The number of rotatable bonds is 1. The molecule has 1 amide bonds. The van der Waals surface area contributed by atoms with E-state index in [0.29, 0.717) is 13.1 Å². The number of amides is 1. The highest BCUT2D eigenvalue weighted by Crippen LogP contribution is 2.14. The van der Waals surface area contributed by atoms with Gasteiger partial charge in [-0.15, -0.1) is 0 Å². The van der Waals surface area contributed by atoms with Gasteiger partial charge in [0.05, 0.1) is 0 Å². The van der Waals surface area contributed by atoms with Crippen LogP contribution in [0.4, 0.5) is 4.79 Å². The molecule has 0 aromatic carbocycles. The number of nitrogens with two attached hydrogens (primary N) is 1. The highest BCUT2D eigenvalue weighted by molar-refractivity contribution is 5.68. The van der Waals surface area contributed by atoms with Gasteiger partial charge in [-0.05, 0) is 27.2 Å². The standard InChI is InChI=1S/C9H19N3O2/c1-9(2,3)14-8(13)12-5-4-7(6-12)11-10/h7,11H,4-6,10H2,1-3H3/t7-/m0/s1. The van der Waals surface area contributed by atoms with Gasteiger partial charge in [0.15, 0.2) is 0 Å². The molecular weight excluding hydrogens is 182 g/mol. The van der Waals surface area contributed by atoms with Crippen LogP contribution in [0.1, 0.15) is 27.2 Å². The molecule has 1 aliphatic heterocycles. The van der Waals surface area contributed by atoms with Crippen LogP contribution >= 0.6 is 0 Å². The average molecular weight is 201 g/mol. The minimum absolute atomic E-state index is 0.197. The molecule has 0 aromatic heterocycles. The molecule has 0 aliphatic carbocycles. The van der Waals surface area contributed by atoms with Gasteiger partial charge in [-0.3, -0.25) is 11.3 Å². The Balaban J connectivity index is 2.40. The third-order valence-corrected chi connectivity index (χ3v) is 2.08. The lowest BCUT2D eigenvalue weighted by atomic mass is 10.2. The van der Waals surface area contributed by atoms with E-state index in [4.69, 9.17) is 10.6 Å². The first-order chi connectivity index (χ1) is 6.42. The lowest BCUT2D eigenvalue weighted by molar-refractivity contribution is 0.0291. The Labute approximate surface area is 84.5 Å². The summed E-state index contributed by atoms with van der Waals surface area (Å²) in [6, 6.07) is 0.197. The molecule has 3 N–H and O–H groups in total. The summed E-state index contributed by atoms with van der Waals surface area (Å²) in [5.41, 5.74) is 2.24. The van der Waals surface area contributed by atoms with Crippen LogP contribution in [-0.2, 0) is 4.74 Å². The molecule has 0 saturated carbocycles. The van der Waals surface area contributed by atoms with Crippen molar-refractivity contribution in [3.8, 4) is 0 Å². The summed E-state index contributed by atoms with van der Waals surface area (Å²) in [5.74, 6) is 5.29. The number of hydrazine groups is 1. The Morgan fingerprint density at radius 3 is 2.64 bits per heavy atom. The number of nitrogens with zero attached hydrogens (tertiary/aromatic N) is 1. The van der Waals surface area contributed by atoms with Crippen molar-refractivity contribution in [2.75, 3.05) is 13.1 Å². The van der Waals surface area contributed by atoms with E-state index in [9.17, 15) is 4.79 Å². The molecule has 14 heavy (non-hydrogen) atoms. The Morgan fingerprint density at radius 1 is 1.57 bits per heavy atom. The summed E-state index contributed by atoms with van der Waals surface area (Å²) in [7, 11) is 0. The maximum Gasteiger partial charge on any atom is 0.410 e. The normalized spacial score (nSPS) is 22.6. The smallest absolute Gasteiger partial charge is 0.410 e. The maximum atomic E-state index is 11.6. The van der Waals surface area contributed by atoms with E-state index in [1.807, 2.05) is 20.8 Å². The predicted molar refractivity (Wildman–Crippen MR) is 53.5 cm³/mol. The molecule has 0 spiro atoms. The van der Waals surface area contributed by atoms with E-state index in [1.165, 1.54) is 0 Å². The van der Waals surface area contributed by atoms with Gasteiger partial charge in [-0.2, -0.15) is 0 Å². The summed E-state index contributed by atoms with van der Waals surface area (Å²) in [6.07, 6.45) is 0.630. The zero-order valence-electron chi connectivity index (χ0n) is 9.04. The second-order valence-electron chi connectivity index (χ2n) is 4.58. The Kier molecular flexibility index (Phi) is 3.34. The van der Waals surface area contributed by atoms with E-state index in [-0.39, 0.29) is 12.1 Å². The molecule has 0 aromatic rings. The third kappa shape index (κ3) is 3.16. The van der Waals surface area contributed by atoms with Crippen LogP contribution in [0.25, 0.3) is 0 Å². The van der Waals surface area contributed by atoms with Crippen molar-refractivity contribution < 1.29 is 9.53 Å². The fourth-order valence-corrected chi connectivity index (χ4v) is 1.39. The molecular formula is C9H19N3O2. The van der Waals surface area contributed by atoms with E-state index in [1.54, 1.807) is 4.90 Å². The molecule has 0 radical (unpaired) electrons. The number of ether oxygens (including phenoxy) is 1. The molecule has 5 heteroatoms. The second kappa shape index (κ2) is 4.14. The molecule has 5 nitrogen and oxygen atoms in total. The van der Waals surface area contributed by atoms with Crippen molar-refractivity contribution in [1.29, 1.82) is 0 Å². The largest absolute Gasteiger partial charge is 0.444 e. The Bertz CT molecular complexity index is 213. The van der Waals surface area contributed by atoms with Crippen molar-refractivity contribution >= 4 is 6.09 Å². The predicted octanol–water partition coefficient (Wildman–Crippen LogP) is 0.459. The molecule has 0 unspecified atom stereocenters. The van der Waals surface area contributed by atoms with E-state index < -0.39 is 5.60 Å². The molecule has 1 fully saturated rings. The van der Waals surface area contributed by atoms with Crippen molar-refractivity contribution in [3.63, 3.8) is 0 Å². The summed E-state index contributed by atoms with van der Waals surface area (Å²) < 4.78 is 5.23. The minimum Gasteiger partial charge on any atom is -0.444 e. The highest BCUT2D eigenvalue weighted by Gasteiger charge is 2.28. The second-order valence-corrected chi connectivity index (χ2v) is 4.58. The zero-order valence-corrected chi connectivity index (χ0v) is 9.04. The Hall–Kier alpha value is -0.810. The van der Waals surface area contributed by atoms with Gasteiger partial charge in [-0.25, -0.2) is 4.79 Å². The van der Waals surface area contributed by atoms with Crippen molar-refractivity contribution in [2.24, 2.45) is 5.84 Å². The van der Waals surface area contributed by atoms with Gasteiger partial charge < -0.3 is 9.64 Å². The number of likely N-dealkylation sites (tertiary alicyclic amines) is 1. The van der Waals surface area contributed by atoms with Gasteiger partial charge in [0, 0.05) is 19.1 Å². The first kappa shape index (κ1) is 11.3. The first-order valence-electron chi connectivity index (χ1n) is 4.86. The monoisotopic (exact) mass is 201 g/mol. The quantitative estimate of drug-likeness (QED) is 0.478. The van der Waals surface area contributed by atoms with Gasteiger partial charge in [-0.1, -0.05) is 0 Å². The molecule has 1 saturated heterocycles.